The van der Waals surface area contributed by atoms with E-state index >= 15 is 4.39 Å². The summed E-state index contributed by atoms with van der Waals surface area (Å²) in [4.78, 5) is 25.1. The molecule has 4 aliphatic carbocycles. The maximum atomic E-state index is 15.1. The van der Waals surface area contributed by atoms with Gasteiger partial charge in [-0.05, 0) is 73.8 Å². The normalized spacial score (nSPS) is 31.4. The van der Waals surface area contributed by atoms with Crippen molar-refractivity contribution >= 4 is 11.8 Å². The molecule has 4 aliphatic rings. The van der Waals surface area contributed by atoms with Crippen molar-refractivity contribution in [2.45, 2.75) is 56.3 Å². The second-order valence-corrected chi connectivity index (χ2v) is 9.59. The van der Waals surface area contributed by atoms with Crippen molar-refractivity contribution < 1.29 is 14.0 Å². The molecular formula is C25H27FN2O2. The summed E-state index contributed by atoms with van der Waals surface area (Å²) in [7, 11) is 0. The lowest BCUT2D eigenvalue weighted by atomic mass is 9.51. The van der Waals surface area contributed by atoms with Crippen molar-refractivity contribution in [2.24, 2.45) is 11.8 Å². The molecule has 0 spiro atoms. The summed E-state index contributed by atoms with van der Waals surface area (Å²) in [6.07, 6.45) is 4.74. The molecule has 2 aromatic rings. The van der Waals surface area contributed by atoms with Crippen LogP contribution < -0.4 is 10.6 Å². The Hall–Kier alpha value is -2.69. The van der Waals surface area contributed by atoms with Crippen LogP contribution in [0, 0.1) is 11.8 Å². The zero-order chi connectivity index (χ0) is 20.8. The molecule has 0 heterocycles. The van der Waals surface area contributed by atoms with Gasteiger partial charge < -0.3 is 10.6 Å². The summed E-state index contributed by atoms with van der Waals surface area (Å²) >= 11 is 0. The zero-order valence-electron chi connectivity index (χ0n) is 17.0. The van der Waals surface area contributed by atoms with Crippen LogP contribution in [0.2, 0.25) is 0 Å². The lowest BCUT2D eigenvalue weighted by Gasteiger charge is -2.59. The summed E-state index contributed by atoms with van der Waals surface area (Å²) in [6, 6.07) is 16.4. The highest BCUT2D eigenvalue weighted by atomic mass is 19.1. The number of hydrogen-bond acceptors (Lipinski definition) is 2. The molecule has 4 nitrogen and oxygen atoms in total. The van der Waals surface area contributed by atoms with Gasteiger partial charge in [-0.3, -0.25) is 9.59 Å². The summed E-state index contributed by atoms with van der Waals surface area (Å²) in [5.41, 5.74) is 0.663. The number of carbonyl (C=O) groups excluding carboxylic acids is 2. The first-order valence-corrected chi connectivity index (χ1v) is 10.9. The molecule has 2 amide bonds. The Labute approximate surface area is 176 Å². The van der Waals surface area contributed by atoms with Crippen LogP contribution in [0.4, 0.5) is 4.39 Å². The Balaban J connectivity index is 1.21. The third-order valence-electron chi connectivity index (χ3n) is 7.07. The fourth-order valence-electron chi connectivity index (χ4n) is 6.26. The third kappa shape index (κ3) is 3.73. The minimum atomic E-state index is -1.09. The average Bonchev–Trinajstić information content (AvgIpc) is 2.71. The number of amides is 2. The van der Waals surface area contributed by atoms with Gasteiger partial charge >= 0.3 is 0 Å². The summed E-state index contributed by atoms with van der Waals surface area (Å²) in [6.45, 7) is 0.396. The maximum Gasteiger partial charge on any atom is 0.251 e. The molecule has 2 aromatic carbocycles. The van der Waals surface area contributed by atoms with Crippen LogP contribution in [0.25, 0.3) is 0 Å². The fourth-order valence-corrected chi connectivity index (χ4v) is 6.26. The number of benzene rings is 2. The Morgan fingerprint density at radius 2 is 1.50 bits per heavy atom. The van der Waals surface area contributed by atoms with E-state index in [4.69, 9.17) is 0 Å². The molecule has 6 rings (SSSR count). The van der Waals surface area contributed by atoms with E-state index in [9.17, 15) is 9.59 Å². The van der Waals surface area contributed by atoms with E-state index in [1.807, 2.05) is 30.3 Å². The van der Waals surface area contributed by atoms with Gasteiger partial charge in [-0.25, -0.2) is 4.39 Å². The SMILES string of the molecule is O=C(NCc1ccc(C(=O)NC23C[C@@H]4C[C@@H](CC(F)(C4)C2)C3)cc1)c1ccccc1. The molecule has 156 valence electrons. The van der Waals surface area contributed by atoms with Gasteiger partial charge in [-0.1, -0.05) is 30.3 Å². The molecule has 4 saturated carbocycles. The van der Waals surface area contributed by atoms with Crippen molar-refractivity contribution in [1.82, 2.24) is 10.6 Å². The summed E-state index contributed by atoms with van der Waals surface area (Å²) in [5, 5.41) is 6.10. The number of carbonyl (C=O) groups is 2. The van der Waals surface area contributed by atoms with Crippen molar-refractivity contribution in [3.8, 4) is 0 Å². The fraction of sp³-hybridized carbons (Fsp3) is 0.440. The Morgan fingerprint density at radius 1 is 0.867 bits per heavy atom. The molecule has 4 bridgehead atoms. The highest BCUT2D eigenvalue weighted by Gasteiger charge is 2.58. The van der Waals surface area contributed by atoms with Gasteiger partial charge in [0.15, 0.2) is 0 Å². The molecule has 2 unspecified atom stereocenters. The Morgan fingerprint density at radius 3 is 2.13 bits per heavy atom. The Bertz CT molecular complexity index is 943. The molecule has 5 heteroatoms. The van der Waals surface area contributed by atoms with Gasteiger partial charge in [0.2, 0.25) is 0 Å². The topological polar surface area (TPSA) is 58.2 Å². The van der Waals surface area contributed by atoms with Gasteiger partial charge in [0.1, 0.15) is 5.67 Å². The van der Waals surface area contributed by atoms with Crippen LogP contribution in [0.5, 0.6) is 0 Å². The van der Waals surface area contributed by atoms with Crippen molar-refractivity contribution in [3.63, 3.8) is 0 Å². The van der Waals surface area contributed by atoms with E-state index in [0.29, 0.717) is 48.8 Å². The smallest absolute Gasteiger partial charge is 0.251 e. The number of rotatable bonds is 5. The van der Waals surface area contributed by atoms with Crippen LogP contribution in [-0.2, 0) is 6.54 Å². The second kappa shape index (κ2) is 7.22. The van der Waals surface area contributed by atoms with Gasteiger partial charge in [-0.15, -0.1) is 0 Å². The van der Waals surface area contributed by atoms with Gasteiger partial charge in [0.25, 0.3) is 11.8 Å². The number of alkyl halides is 1. The van der Waals surface area contributed by atoms with Gasteiger partial charge in [0.05, 0.1) is 0 Å². The molecule has 30 heavy (non-hydrogen) atoms. The van der Waals surface area contributed by atoms with E-state index in [1.165, 1.54) is 0 Å². The van der Waals surface area contributed by atoms with Crippen LogP contribution in [-0.4, -0.2) is 23.0 Å². The standard InChI is InChI=1S/C25H27FN2O2/c26-24-11-18-10-19(12-24)14-25(13-18,16-24)28-23(30)21-8-6-17(7-9-21)15-27-22(29)20-4-2-1-3-5-20/h1-9,18-19H,10-16H2,(H,27,29)(H,28,30)/t18-,19+,24?,25?. The van der Waals surface area contributed by atoms with Crippen molar-refractivity contribution in [2.75, 3.05) is 0 Å². The zero-order valence-corrected chi connectivity index (χ0v) is 17.0. The second-order valence-electron chi connectivity index (χ2n) is 9.59. The third-order valence-corrected chi connectivity index (χ3v) is 7.07. The molecule has 0 radical (unpaired) electrons. The maximum absolute atomic E-state index is 15.1. The quantitative estimate of drug-likeness (QED) is 0.773. The van der Waals surface area contributed by atoms with E-state index in [-0.39, 0.29) is 17.4 Å². The van der Waals surface area contributed by atoms with E-state index in [1.54, 1.807) is 24.3 Å². The van der Waals surface area contributed by atoms with Gasteiger partial charge in [-0.2, -0.15) is 0 Å². The van der Waals surface area contributed by atoms with Gasteiger partial charge in [0, 0.05) is 29.6 Å². The van der Waals surface area contributed by atoms with Crippen LogP contribution in [0.1, 0.15) is 64.8 Å². The van der Waals surface area contributed by atoms with Crippen molar-refractivity contribution in [3.05, 3.63) is 71.3 Å². The highest BCUT2D eigenvalue weighted by molar-refractivity contribution is 5.95. The molecule has 0 aliphatic heterocycles. The van der Waals surface area contributed by atoms with E-state index in [0.717, 1.165) is 24.8 Å². The van der Waals surface area contributed by atoms with Crippen molar-refractivity contribution in [1.29, 1.82) is 0 Å². The monoisotopic (exact) mass is 406 g/mol. The summed E-state index contributed by atoms with van der Waals surface area (Å²) in [5.74, 6) is 0.569. The molecule has 4 atom stereocenters. The van der Waals surface area contributed by atoms with E-state index in [2.05, 4.69) is 10.6 Å². The molecule has 4 fully saturated rings. The first kappa shape index (κ1) is 19.3. The number of halogens is 1. The summed E-state index contributed by atoms with van der Waals surface area (Å²) < 4.78 is 15.1. The number of nitrogens with one attached hydrogen (secondary N) is 2. The first-order chi connectivity index (χ1) is 14.4. The average molecular weight is 407 g/mol. The molecular weight excluding hydrogens is 379 g/mol. The minimum absolute atomic E-state index is 0.125. The lowest BCUT2D eigenvalue weighted by Crippen LogP contribution is -2.64. The van der Waals surface area contributed by atoms with Crippen LogP contribution in [0.3, 0.4) is 0 Å². The predicted octanol–water partition coefficient (Wildman–Crippen LogP) is 4.41. The highest BCUT2D eigenvalue weighted by Crippen LogP contribution is 2.59. The molecule has 0 aromatic heterocycles. The predicted molar refractivity (Wildman–Crippen MR) is 113 cm³/mol. The molecule has 0 saturated heterocycles. The van der Waals surface area contributed by atoms with Crippen LogP contribution in [0.15, 0.2) is 54.6 Å². The van der Waals surface area contributed by atoms with Crippen LogP contribution >= 0.6 is 0 Å². The minimum Gasteiger partial charge on any atom is -0.348 e. The number of hydrogen-bond donors (Lipinski definition) is 2. The first-order valence-electron chi connectivity index (χ1n) is 10.9. The molecule has 2 N–H and O–H groups in total. The Kier molecular flexibility index (Phi) is 4.64. The largest absolute Gasteiger partial charge is 0.348 e. The van der Waals surface area contributed by atoms with E-state index < -0.39 is 5.67 Å². The lowest BCUT2D eigenvalue weighted by molar-refractivity contribution is -0.0937.